The van der Waals surface area contributed by atoms with Gasteiger partial charge in [0.15, 0.2) is 5.60 Å². The van der Waals surface area contributed by atoms with Gasteiger partial charge in [0.25, 0.3) is 0 Å². The van der Waals surface area contributed by atoms with Crippen LogP contribution in [0.2, 0.25) is 0 Å². The van der Waals surface area contributed by atoms with Crippen LogP contribution in [0.3, 0.4) is 0 Å². The Morgan fingerprint density at radius 3 is 1.77 bits per heavy atom. The molecule has 0 aliphatic carbocycles. The number of halogens is 2. The normalized spacial score (nSPS) is 16.8. The van der Waals surface area contributed by atoms with Gasteiger partial charge < -0.3 is 4.74 Å². The van der Waals surface area contributed by atoms with Crippen LogP contribution >= 0.6 is 0 Å². The van der Waals surface area contributed by atoms with Crippen molar-refractivity contribution in [3.63, 3.8) is 0 Å². The van der Waals surface area contributed by atoms with Gasteiger partial charge in [0.2, 0.25) is 5.78 Å². The first-order chi connectivity index (χ1) is 10.4. The zero-order chi connectivity index (χ0) is 15.9. The van der Waals surface area contributed by atoms with Crippen LogP contribution in [0, 0.1) is 11.6 Å². The lowest BCUT2D eigenvalue weighted by Crippen LogP contribution is -2.29. The van der Waals surface area contributed by atoms with Crippen LogP contribution in [0.4, 0.5) is 8.78 Å². The highest BCUT2D eigenvalue weighted by Crippen LogP contribution is 2.41. The van der Waals surface area contributed by atoms with Gasteiger partial charge in [-0.25, -0.2) is 8.78 Å². The Bertz CT molecular complexity index is 757. The summed E-state index contributed by atoms with van der Waals surface area (Å²) < 4.78 is 32.0. The van der Waals surface area contributed by atoms with Crippen molar-refractivity contribution in [1.82, 2.24) is 0 Å². The van der Waals surface area contributed by atoms with E-state index in [0.717, 1.165) is 0 Å². The van der Waals surface area contributed by atoms with Crippen molar-refractivity contribution in [2.45, 2.75) is 19.4 Å². The highest BCUT2D eigenvalue weighted by Gasteiger charge is 2.42. The molecule has 0 atom stereocenters. The number of rotatable bonds is 2. The topological polar surface area (TPSA) is 26.3 Å². The Kier molecular flexibility index (Phi) is 3.32. The van der Waals surface area contributed by atoms with Crippen molar-refractivity contribution in [3.05, 3.63) is 71.3 Å². The number of hydrogen-bond donors (Lipinski definition) is 0. The molecule has 2 nitrogen and oxygen atoms in total. The molecule has 0 saturated heterocycles. The van der Waals surface area contributed by atoms with Crippen LogP contribution < -0.4 is 0 Å². The lowest BCUT2D eigenvalue weighted by Gasteiger charge is -2.17. The first-order valence-corrected chi connectivity index (χ1v) is 6.88. The van der Waals surface area contributed by atoms with Gasteiger partial charge >= 0.3 is 0 Å². The van der Waals surface area contributed by atoms with E-state index < -0.39 is 5.60 Å². The number of ether oxygens (including phenoxy) is 1. The van der Waals surface area contributed by atoms with Gasteiger partial charge in [-0.3, -0.25) is 4.79 Å². The van der Waals surface area contributed by atoms with Gasteiger partial charge in [-0.15, -0.1) is 0 Å². The molecule has 0 bridgehead atoms. The van der Waals surface area contributed by atoms with Gasteiger partial charge in [0.1, 0.15) is 17.4 Å². The molecule has 1 aliphatic heterocycles. The third-order valence-corrected chi connectivity index (χ3v) is 3.60. The van der Waals surface area contributed by atoms with Crippen LogP contribution in [0.25, 0.3) is 11.3 Å². The van der Waals surface area contributed by atoms with Crippen LogP contribution in [-0.4, -0.2) is 11.4 Å². The van der Waals surface area contributed by atoms with E-state index in [1.165, 1.54) is 36.4 Å². The van der Waals surface area contributed by atoms with Crippen LogP contribution in [0.5, 0.6) is 0 Å². The molecule has 112 valence electrons. The summed E-state index contributed by atoms with van der Waals surface area (Å²) in [6.45, 7) is 3.35. The van der Waals surface area contributed by atoms with E-state index in [1.54, 1.807) is 26.0 Å². The van der Waals surface area contributed by atoms with Crippen molar-refractivity contribution < 1.29 is 18.3 Å². The summed E-state index contributed by atoms with van der Waals surface area (Å²) in [6, 6.07) is 11.4. The summed E-state index contributed by atoms with van der Waals surface area (Å²) in [4.78, 5) is 12.6. The van der Waals surface area contributed by atoms with Crippen molar-refractivity contribution in [3.8, 4) is 0 Å². The first kappa shape index (κ1) is 14.4. The number of benzene rings is 2. The molecule has 0 unspecified atom stereocenters. The van der Waals surface area contributed by atoms with Crippen LogP contribution in [0.15, 0.2) is 48.5 Å². The average Bonchev–Trinajstić information content (AvgIpc) is 2.72. The molecule has 0 saturated carbocycles. The third-order valence-electron chi connectivity index (χ3n) is 3.60. The number of ketones is 1. The van der Waals surface area contributed by atoms with Crippen molar-refractivity contribution in [2.75, 3.05) is 0 Å². The summed E-state index contributed by atoms with van der Waals surface area (Å²) in [6.07, 6.45) is 0. The predicted molar refractivity (Wildman–Crippen MR) is 79.8 cm³/mol. The molecule has 4 heteroatoms. The van der Waals surface area contributed by atoms with E-state index in [2.05, 4.69) is 0 Å². The Morgan fingerprint density at radius 2 is 1.27 bits per heavy atom. The van der Waals surface area contributed by atoms with Gasteiger partial charge in [-0.1, -0.05) is 12.1 Å². The maximum Gasteiger partial charge on any atom is 0.210 e. The Balaban J connectivity index is 2.18. The number of carbonyl (C=O) groups excluding carboxylic acids is 1. The SMILES string of the molecule is CC1(C)OC(c2ccc(F)cc2)=C(c2ccc(F)cc2)C1=O. The summed E-state index contributed by atoms with van der Waals surface area (Å²) in [5.41, 5.74) is 0.570. The molecule has 0 N–H and O–H groups in total. The third kappa shape index (κ3) is 2.41. The predicted octanol–water partition coefficient (Wildman–Crippen LogP) is 4.21. The first-order valence-electron chi connectivity index (χ1n) is 6.88. The molecule has 2 aromatic carbocycles. The second-order valence-corrected chi connectivity index (χ2v) is 5.66. The van der Waals surface area contributed by atoms with E-state index >= 15 is 0 Å². The fraction of sp³-hybridized carbons (Fsp3) is 0.167. The van der Waals surface area contributed by atoms with E-state index in [-0.39, 0.29) is 17.4 Å². The summed E-state index contributed by atoms with van der Waals surface area (Å²) >= 11 is 0. The molecular formula is C18H14F2O2. The van der Waals surface area contributed by atoms with Crippen molar-refractivity contribution in [2.24, 2.45) is 0 Å². The number of hydrogen-bond acceptors (Lipinski definition) is 2. The fourth-order valence-electron chi connectivity index (χ4n) is 2.44. The van der Waals surface area contributed by atoms with Crippen LogP contribution in [0.1, 0.15) is 25.0 Å². The van der Waals surface area contributed by atoms with Gasteiger partial charge in [0.05, 0.1) is 5.57 Å². The standard InChI is InChI=1S/C18H14F2O2/c1-18(2)17(21)15(11-3-7-13(19)8-4-11)16(22-18)12-5-9-14(20)10-6-12/h3-10H,1-2H3. The summed E-state index contributed by atoms with van der Waals surface area (Å²) in [5, 5.41) is 0. The highest BCUT2D eigenvalue weighted by atomic mass is 19.1. The van der Waals surface area contributed by atoms with E-state index in [0.29, 0.717) is 22.5 Å². The van der Waals surface area contributed by atoms with E-state index in [9.17, 15) is 13.6 Å². The molecule has 2 aromatic rings. The zero-order valence-corrected chi connectivity index (χ0v) is 12.2. The van der Waals surface area contributed by atoms with E-state index in [1.807, 2.05) is 0 Å². The average molecular weight is 300 g/mol. The Morgan fingerprint density at radius 1 is 0.818 bits per heavy atom. The minimum absolute atomic E-state index is 0.182. The van der Waals surface area contributed by atoms with E-state index in [4.69, 9.17) is 4.74 Å². The summed E-state index contributed by atoms with van der Waals surface area (Å²) in [7, 11) is 0. The zero-order valence-electron chi connectivity index (χ0n) is 12.2. The maximum atomic E-state index is 13.1. The van der Waals surface area contributed by atoms with Gasteiger partial charge in [-0.2, -0.15) is 0 Å². The second-order valence-electron chi connectivity index (χ2n) is 5.66. The fourth-order valence-corrected chi connectivity index (χ4v) is 2.44. The summed E-state index contributed by atoms with van der Waals surface area (Å²) in [5.74, 6) is -0.533. The Labute approximate surface area is 127 Å². The second kappa shape index (κ2) is 5.05. The molecule has 0 radical (unpaired) electrons. The Hall–Kier alpha value is -2.49. The van der Waals surface area contributed by atoms with Crippen LogP contribution in [-0.2, 0) is 9.53 Å². The molecule has 0 fully saturated rings. The minimum Gasteiger partial charge on any atom is -0.478 e. The molecule has 0 aromatic heterocycles. The highest BCUT2D eigenvalue weighted by molar-refractivity contribution is 6.32. The quantitative estimate of drug-likeness (QED) is 0.830. The molecule has 0 amide bonds. The van der Waals surface area contributed by atoms with Gasteiger partial charge in [0, 0.05) is 5.56 Å². The largest absolute Gasteiger partial charge is 0.478 e. The van der Waals surface area contributed by atoms with Crippen molar-refractivity contribution >= 4 is 17.1 Å². The molecule has 22 heavy (non-hydrogen) atoms. The minimum atomic E-state index is -1.01. The maximum absolute atomic E-state index is 13.1. The van der Waals surface area contributed by atoms with Gasteiger partial charge in [-0.05, 0) is 55.8 Å². The van der Waals surface area contributed by atoms with Crippen molar-refractivity contribution in [1.29, 1.82) is 0 Å². The molecule has 1 heterocycles. The molecule has 1 aliphatic rings. The number of carbonyl (C=O) groups is 1. The lowest BCUT2D eigenvalue weighted by molar-refractivity contribution is -0.125. The molecule has 0 spiro atoms. The lowest BCUT2D eigenvalue weighted by atomic mass is 9.92. The monoisotopic (exact) mass is 300 g/mol. The molecular weight excluding hydrogens is 286 g/mol. The number of Topliss-reactive ketones (excluding diaryl/α,β-unsaturated/α-hetero) is 1. The molecule has 3 rings (SSSR count). The smallest absolute Gasteiger partial charge is 0.210 e.